The predicted molar refractivity (Wildman–Crippen MR) is 83.7 cm³/mol. The maximum Gasteiger partial charge on any atom is 0.273 e. The molecule has 0 aliphatic carbocycles. The Bertz CT molecular complexity index is 758. The minimum absolute atomic E-state index is 0.0553. The number of halogens is 1. The van der Waals surface area contributed by atoms with Crippen LogP contribution in [0, 0.1) is 12.3 Å². The SMILES string of the molecule is C#Cc1cc(Br)cc(Nc2s[nH]c(=O)c2C(=O)NC)c1. The van der Waals surface area contributed by atoms with E-state index in [0.717, 1.165) is 16.0 Å². The molecular weight excluding hydrogens is 342 g/mol. The molecule has 0 aliphatic rings. The van der Waals surface area contributed by atoms with Gasteiger partial charge in [0.05, 0.1) is 0 Å². The first kappa shape index (κ1) is 14.4. The van der Waals surface area contributed by atoms with E-state index < -0.39 is 11.5 Å². The third-order valence-electron chi connectivity index (χ3n) is 2.48. The molecule has 102 valence electrons. The summed E-state index contributed by atoms with van der Waals surface area (Å²) in [4.78, 5) is 23.3. The molecule has 2 rings (SSSR count). The molecule has 0 bridgehead atoms. The lowest BCUT2D eigenvalue weighted by molar-refractivity contribution is 0.0963. The molecule has 7 heteroatoms. The van der Waals surface area contributed by atoms with Gasteiger partial charge in [0.1, 0.15) is 10.6 Å². The second-order valence-corrected chi connectivity index (χ2v) is 5.55. The van der Waals surface area contributed by atoms with Crippen molar-refractivity contribution in [1.29, 1.82) is 0 Å². The fourth-order valence-corrected chi connectivity index (χ4v) is 2.84. The Morgan fingerprint density at radius 2 is 2.20 bits per heavy atom. The summed E-state index contributed by atoms with van der Waals surface area (Å²) >= 11 is 4.41. The highest BCUT2D eigenvalue weighted by atomic mass is 79.9. The molecule has 2 aromatic rings. The fourth-order valence-electron chi connectivity index (χ4n) is 1.60. The number of carbonyl (C=O) groups excluding carboxylic acids is 1. The van der Waals surface area contributed by atoms with Gasteiger partial charge in [-0.25, -0.2) is 0 Å². The normalized spacial score (nSPS) is 9.85. The number of nitrogens with one attached hydrogen (secondary N) is 3. The molecule has 1 heterocycles. The van der Waals surface area contributed by atoms with Crippen LogP contribution in [-0.2, 0) is 0 Å². The number of terminal acetylenes is 1. The van der Waals surface area contributed by atoms with Crippen LogP contribution >= 0.6 is 27.5 Å². The van der Waals surface area contributed by atoms with Crippen LogP contribution in [0.25, 0.3) is 0 Å². The molecule has 5 nitrogen and oxygen atoms in total. The van der Waals surface area contributed by atoms with E-state index in [4.69, 9.17) is 6.42 Å². The van der Waals surface area contributed by atoms with E-state index in [2.05, 4.69) is 36.9 Å². The summed E-state index contributed by atoms with van der Waals surface area (Å²) in [7, 11) is 1.47. The number of carbonyl (C=O) groups is 1. The number of benzene rings is 1. The molecule has 1 amide bonds. The van der Waals surface area contributed by atoms with Crippen LogP contribution in [-0.4, -0.2) is 17.3 Å². The first-order chi connectivity index (χ1) is 9.55. The second-order valence-electron chi connectivity index (χ2n) is 3.81. The van der Waals surface area contributed by atoms with Gasteiger partial charge in [0.2, 0.25) is 0 Å². The molecule has 0 spiro atoms. The Morgan fingerprint density at radius 1 is 1.45 bits per heavy atom. The first-order valence-corrected chi connectivity index (χ1v) is 7.14. The van der Waals surface area contributed by atoms with Crippen LogP contribution in [0.5, 0.6) is 0 Å². The smallest absolute Gasteiger partial charge is 0.273 e. The average Bonchev–Trinajstić information content (AvgIpc) is 2.78. The molecule has 0 saturated heterocycles. The molecule has 0 aliphatic heterocycles. The van der Waals surface area contributed by atoms with Gasteiger partial charge in [0.25, 0.3) is 11.5 Å². The number of hydrogen-bond acceptors (Lipinski definition) is 4. The number of hydrogen-bond donors (Lipinski definition) is 3. The minimum atomic E-state index is -0.442. The van der Waals surface area contributed by atoms with Crippen LogP contribution < -0.4 is 16.2 Å². The van der Waals surface area contributed by atoms with E-state index in [1.807, 2.05) is 0 Å². The Kier molecular flexibility index (Phi) is 4.27. The third kappa shape index (κ3) is 2.92. The molecule has 0 saturated carbocycles. The summed E-state index contributed by atoms with van der Waals surface area (Å²) in [6.45, 7) is 0. The summed E-state index contributed by atoms with van der Waals surface area (Å²) in [5, 5.41) is 5.90. The molecule has 0 radical (unpaired) electrons. The maximum atomic E-state index is 11.7. The number of amides is 1. The standard InChI is InChI=1S/C13H10BrN3O2S/c1-3-7-4-8(14)6-9(5-7)16-13-10(11(18)15-2)12(19)17-20-13/h1,4-6,16H,2H3,(H,15,18)(H,17,19). The Hall–Kier alpha value is -2.04. The van der Waals surface area contributed by atoms with Crippen LogP contribution in [0.3, 0.4) is 0 Å². The predicted octanol–water partition coefficient (Wildman–Crippen LogP) is 2.28. The largest absolute Gasteiger partial charge is 0.355 e. The van der Waals surface area contributed by atoms with Crippen molar-refractivity contribution < 1.29 is 4.79 Å². The van der Waals surface area contributed by atoms with Crippen molar-refractivity contribution in [1.82, 2.24) is 9.69 Å². The van der Waals surface area contributed by atoms with Crippen molar-refractivity contribution in [2.24, 2.45) is 0 Å². The van der Waals surface area contributed by atoms with Gasteiger partial charge in [-0.05, 0) is 29.7 Å². The highest BCUT2D eigenvalue weighted by Gasteiger charge is 2.17. The molecule has 0 unspecified atom stereocenters. The summed E-state index contributed by atoms with van der Waals surface area (Å²) in [5.74, 6) is 2.09. The number of aromatic nitrogens is 1. The van der Waals surface area contributed by atoms with E-state index in [-0.39, 0.29) is 5.56 Å². The van der Waals surface area contributed by atoms with Gasteiger partial charge < -0.3 is 10.6 Å². The quantitative estimate of drug-likeness (QED) is 0.742. The van der Waals surface area contributed by atoms with E-state index in [1.165, 1.54) is 7.05 Å². The van der Waals surface area contributed by atoms with Gasteiger partial charge in [0, 0.05) is 22.8 Å². The molecule has 1 aromatic carbocycles. The minimum Gasteiger partial charge on any atom is -0.355 e. The maximum absolute atomic E-state index is 11.7. The zero-order valence-electron chi connectivity index (χ0n) is 10.4. The lowest BCUT2D eigenvalue weighted by atomic mass is 10.2. The van der Waals surface area contributed by atoms with Gasteiger partial charge in [-0.3, -0.25) is 14.0 Å². The zero-order valence-corrected chi connectivity index (χ0v) is 12.8. The van der Waals surface area contributed by atoms with E-state index in [9.17, 15) is 9.59 Å². The summed E-state index contributed by atoms with van der Waals surface area (Å²) in [6, 6.07) is 5.35. The summed E-state index contributed by atoms with van der Waals surface area (Å²) in [6.07, 6.45) is 5.37. The van der Waals surface area contributed by atoms with Gasteiger partial charge in [0.15, 0.2) is 0 Å². The van der Waals surface area contributed by atoms with Gasteiger partial charge in [-0.15, -0.1) is 6.42 Å². The summed E-state index contributed by atoms with van der Waals surface area (Å²) < 4.78 is 3.33. The number of anilines is 2. The molecule has 20 heavy (non-hydrogen) atoms. The zero-order chi connectivity index (χ0) is 14.7. The van der Waals surface area contributed by atoms with Crippen LogP contribution in [0.2, 0.25) is 0 Å². The van der Waals surface area contributed by atoms with Crippen molar-refractivity contribution in [2.45, 2.75) is 0 Å². The van der Waals surface area contributed by atoms with Crippen molar-refractivity contribution in [3.05, 3.63) is 44.2 Å². The van der Waals surface area contributed by atoms with Crippen LogP contribution in [0.1, 0.15) is 15.9 Å². The summed E-state index contributed by atoms with van der Waals surface area (Å²) in [5.41, 5.74) is 1.00. The number of H-pyrrole nitrogens is 1. The Morgan fingerprint density at radius 3 is 2.85 bits per heavy atom. The van der Waals surface area contributed by atoms with Crippen LogP contribution in [0.4, 0.5) is 10.7 Å². The Balaban J connectivity index is 2.41. The molecule has 0 fully saturated rings. The molecule has 0 atom stereocenters. The van der Waals surface area contributed by atoms with Gasteiger partial charge >= 0.3 is 0 Å². The van der Waals surface area contributed by atoms with Crippen molar-refractivity contribution in [3.63, 3.8) is 0 Å². The topological polar surface area (TPSA) is 74.0 Å². The molecule has 3 N–H and O–H groups in total. The highest BCUT2D eigenvalue weighted by Crippen LogP contribution is 2.26. The van der Waals surface area contributed by atoms with Crippen molar-refractivity contribution >= 4 is 44.1 Å². The average molecular weight is 352 g/mol. The van der Waals surface area contributed by atoms with Crippen molar-refractivity contribution in [2.75, 3.05) is 12.4 Å². The lowest BCUT2D eigenvalue weighted by Crippen LogP contribution is -2.24. The molecular formula is C13H10BrN3O2S. The van der Waals surface area contributed by atoms with Gasteiger partial charge in [-0.2, -0.15) is 0 Å². The number of rotatable bonds is 3. The van der Waals surface area contributed by atoms with Gasteiger partial charge in [-0.1, -0.05) is 21.9 Å². The van der Waals surface area contributed by atoms with E-state index in [0.29, 0.717) is 16.3 Å². The Labute approximate surface area is 127 Å². The van der Waals surface area contributed by atoms with E-state index >= 15 is 0 Å². The second kappa shape index (κ2) is 5.94. The van der Waals surface area contributed by atoms with Crippen molar-refractivity contribution in [3.8, 4) is 12.3 Å². The van der Waals surface area contributed by atoms with E-state index in [1.54, 1.807) is 18.2 Å². The highest BCUT2D eigenvalue weighted by molar-refractivity contribution is 9.10. The third-order valence-corrected chi connectivity index (χ3v) is 3.73. The fraction of sp³-hybridized carbons (Fsp3) is 0.0769. The van der Waals surface area contributed by atoms with Crippen LogP contribution in [0.15, 0.2) is 27.5 Å². The lowest BCUT2D eigenvalue weighted by Gasteiger charge is -2.07. The number of aromatic amines is 1. The molecule has 1 aromatic heterocycles. The first-order valence-electron chi connectivity index (χ1n) is 5.53. The monoisotopic (exact) mass is 351 g/mol.